The maximum Gasteiger partial charge on any atom is 0.137 e. The molecule has 3 rings (SSSR count). The van der Waals surface area contributed by atoms with Gasteiger partial charge < -0.3 is 5.32 Å². The summed E-state index contributed by atoms with van der Waals surface area (Å²) in [4.78, 5) is 8.61. The predicted molar refractivity (Wildman–Crippen MR) is 85.9 cm³/mol. The molecule has 0 radical (unpaired) electrons. The van der Waals surface area contributed by atoms with Gasteiger partial charge in [-0.15, -0.1) is 0 Å². The number of benzene rings is 2. The van der Waals surface area contributed by atoms with Crippen molar-refractivity contribution < 1.29 is 0 Å². The molecule has 0 fully saturated rings. The van der Waals surface area contributed by atoms with Gasteiger partial charge in [0, 0.05) is 16.4 Å². The second-order valence-electron chi connectivity index (χ2n) is 4.55. The first-order valence-corrected chi connectivity index (χ1v) is 7.30. The van der Waals surface area contributed by atoms with Gasteiger partial charge in [0.25, 0.3) is 0 Å². The van der Waals surface area contributed by atoms with Gasteiger partial charge in [-0.1, -0.05) is 46.3 Å². The Labute approximate surface area is 126 Å². The minimum atomic E-state index is 0.850. The summed E-state index contributed by atoms with van der Waals surface area (Å²) in [7, 11) is 0. The first kappa shape index (κ1) is 13.1. The van der Waals surface area contributed by atoms with Gasteiger partial charge in [-0.25, -0.2) is 9.97 Å². The second-order valence-corrected chi connectivity index (χ2v) is 5.46. The van der Waals surface area contributed by atoms with Gasteiger partial charge in [0.05, 0.1) is 5.52 Å². The number of halogens is 1. The minimum Gasteiger partial charge on any atom is -0.369 e. The number of rotatable bonds is 4. The molecule has 1 aromatic heterocycles. The Morgan fingerprint density at radius 1 is 1.00 bits per heavy atom. The lowest BCUT2D eigenvalue weighted by atomic mass is 10.1. The van der Waals surface area contributed by atoms with Crippen molar-refractivity contribution >= 4 is 32.7 Å². The van der Waals surface area contributed by atoms with E-state index in [9.17, 15) is 0 Å². The highest BCUT2D eigenvalue weighted by Gasteiger charge is 2.03. The number of hydrogen-bond donors (Lipinski definition) is 1. The molecule has 2 aromatic carbocycles. The van der Waals surface area contributed by atoms with Gasteiger partial charge >= 0.3 is 0 Å². The van der Waals surface area contributed by atoms with Crippen LogP contribution in [0, 0.1) is 0 Å². The van der Waals surface area contributed by atoms with E-state index in [0.29, 0.717) is 0 Å². The van der Waals surface area contributed by atoms with Gasteiger partial charge in [-0.05, 0) is 30.2 Å². The predicted octanol–water partition coefficient (Wildman–Crippen LogP) is 4.05. The van der Waals surface area contributed by atoms with Crippen LogP contribution in [0.3, 0.4) is 0 Å². The Morgan fingerprint density at radius 3 is 2.70 bits per heavy atom. The summed E-state index contributed by atoms with van der Waals surface area (Å²) in [6.45, 7) is 0.850. The highest BCUT2D eigenvalue weighted by Crippen LogP contribution is 2.23. The van der Waals surface area contributed by atoms with Crippen molar-refractivity contribution in [3.63, 3.8) is 0 Å². The Hall–Kier alpha value is -1.94. The van der Waals surface area contributed by atoms with Crippen LogP contribution in [-0.2, 0) is 6.42 Å². The zero-order chi connectivity index (χ0) is 13.8. The first-order valence-electron chi connectivity index (χ1n) is 6.51. The zero-order valence-electron chi connectivity index (χ0n) is 10.9. The van der Waals surface area contributed by atoms with E-state index in [4.69, 9.17) is 0 Å². The summed E-state index contributed by atoms with van der Waals surface area (Å²) in [5.41, 5.74) is 2.27. The summed E-state index contributed by atoms with van der Waals surface area (Å²) in [5.74, 6) is 0.882. The summed E-state index contributed by atoms with van der Waals surface area (Å²) in [6.07, 6.45) is 2.57. The lowest BCUT2D eigenvalue weighted by Crippen LogP contribution is -2.07. The fraction of sp³-hybridized carbons (Fsp3) is 0.125. The lowest BCUT2D eigenvalue weighted by molar-refractivity contribution is 1.01. The molecule has 3 nitrogen and oxygen atoms in total. The Kier molecular flexibility index (Phi) is 3.92. The first-order chi connectivity index (χ1) is 9.83. The highest BCUT2D eigenvalue weighted by molar-refractivity contribution is 9.10. The van der Waals surface area contributed by atoms with Crippen molar-refractivity contribution in [1.29, 1.82) is 0 Å². The van der Waals surface area contributed by atoms with Crippen LogP contribution in [0.4, 0.5) is 5.82 Å². The molecule has 0 bridgehead atoms. The number of fused-ring (bicyclic) bond motifs is 1. The van der Waals surface area contributed by atoms with E-state index in [0.717, 1.165) is 34.2 Å². The van der Waals surface area contributed by atoms with Gasteiger partial charge in [-0.3, -0.25) is 0 Å². The van der Waals surface area contributed by atoms with E-state index >= 15 is 0 Å². The Morgan fingerprint density at radius 2 is 1.85 bits per heavy atom. The third kappa shape index (κ3) is 2.96. The molecular formula is C16H14BrN3. The zero-order valence-corrected chi connectivity index (χ0v) is 12.5. The topological polar surface area (TPSA) is 37.8 Å². The SMILES string of the molecule is Brc1ccc2ncnc(NCCc3ccccc3)c2c1. The van der Waals surface area contributed by atoms with Crippen molar-refractivity contribution in [3.8, 4) is 0 Å². The molecule has 0 amide bonds. The number of anilines is 1. The van der Waals surface area contributed by atoms with Crippen molar-refractivity contribution in [1.82, 2.24) is 9.97 Å². The molecular weight excluding hydrogens is 314 g/mol. The van der Waals surface area contributed by atoms with Crippen LogP contribution in [-0.4, -0.2) is 16.5 Å². The van der Waals surface area contributed by atoms with Crippen molar-refractivity contribution in [3.05, 3.63) is 64.9 Å². The fourth-order valence-electron chi connectivity index (χ4n) is 2.14. The normalized spacial score (nSPS) is 10.7. The molecule has 3 aromatic rings. The molecule has 1 heterocycles. The number of nitrogens with one attached hydrogen (secondary N) is 1. The Balaban J connectivity index is 1.76. The largest absolute Gasteiger partial charge is 0.369 e. The molecule has 0 saturated carbocycles. The molecule has 0 aliphatic heterocycles. The number of nitrogens with zero attached hydrogens (tertiary/aromatic N) is 2. The molecule has 0 aliphatic carbocycles. The molecule has 20 heavy (non-hydrogen) atoms. The van der Waals surface area contributed by atoms with Crippen LogP contribution < -0.4 is 5.32 Å². The Bertz CT molecular complexity index is 713. The number of hydrogen-bond acceptors (Lipinski definition) is 3. The van der Waals surface area contributed by atoms with Crippen LogP contribution in [0.25, 0.3) is 10.9 Å². The summed E-state index contributed by atoms with van der Waals surface area (Å²) >= 11 is 3.49. The van der Waals surface area contributed by atoms with Gasteiger partial charge in [0.1, 0.15) is 12.1 Å². The van der Waals surface area contributed by atoms with E-state index in [1.807, 2.05) is 24.3 Å². The van der Waals surface area contributed by atoms with Crippen molar-refractivity contribution in [2.45, 2.75) is 6.42 Å². The maximum atomic E-state index is 4.34. The van der Waals surface area contributed by atoms with Crippen LogP contribution in [0.1, 0.15) is 5.56 Å². The van der Waals surface area contributed by atoms with Crippen LogP contribution in [0.5, 0.6) is 0 Å². The smallest absolute Gasteiger partial charge is 0.137 e. The second kappa shape index (κ2) is 6.01. The average Bonchev–Trinajstić information content (AvgIpc) is 2.49. The molecule has 4 heteroatoms. The quantitative estimate of drug-likeness (QED) is 0.785. The molecule has 1 N–H and O–H groups in total. The maximum absolute atomic E-state index is 4.34. The third-order valence-electron chi connectivity index (χ3n) is 3.15. The van der Waals surface area contributed by atoms with Crippen molar-refractivity contribution in [2.75, 3.05) is 11.9 Å². The lowest BCUT2D eigenvalue weighted by Gasteiger charge is -2.08. The number of aromatic nitrogens is 2. The molecule has 0 saturated heterocycles. The van der Waals surface area contributed by atoms with Gasteiger partial charge in [-0.2, -0.15) is 0 Å². The minimum absolute atomic E-state index is 0.850. The standard InChI is InChI=1S/C16H14BrN3/c17-13-6-7-15-14(10-13)16(20-11-19-15)18-9-8-12-4-2-1-3-5-12/h1-7,10-11H,8-9H2,(H,18,19,20). The average molecular weight is 328 g/mol. The molecule has 0 spiro atoms. The monoisotopic (exact) mass is 327 g/mol. The third-order valence-corrected chi connectivity index (χ3v) is 3.64. The van der Waals surface area contributed by atoms with Gasteiger partial charge in [0.15, 0.2) is 0 Å². The summed E-state index contributed by atoms with van der Waals surface area (Å²) in [5, 5.41) is 4.43. The molecule has 0 aliphatic rings. The van der Waals surface area contributed by atoms with E-state index in [1.54, 1.807) is 6.33 Å². The molecule has 0 atom stereocenters. The fourth-order valence-corrected chi connectivity index (χ4v) is 2.50. The van der Waals surface area contributed by atoms with Gasteiger partial charge in [0.2, 0.25) is 0 Å². The molecule has 100 valence electrons. The van der Waals surface area contributed by atoms with E-state index in [-0.39, 0.29) is 0 Å². The van der Waals surface area contributed by atoms with E-state index in [1.165, 1.54) is 5.56 Å². The summed E-state index contributed by atoms with van der Waals surface area (Å²) in [6, 6.07) is 16.4. The van der Waals surface area contributed by atoms with E-state index in [2.05, 4.69) is 55.5 Å². The van der Waals surface area contributed by atoms with Crippen LogP contribution >= 0.6 is 15.9 Å². The summed E-state index contributed by atoms with van der Waals surface area (Å²) < 4.78 is 1.03. The molecule has 0 unspecified atom stereocenters. The van der Waals surface area contributed by atoms with Crippen LogP contribution in [0.2, 0.25) is 0 Å². The van der Waals surface area contributed by atoms with E-state index < -0.39 is 0 Å². The highest BCUT2D eigenvalue weighted by atomic mass is 79.9. The van der Waals surface area contributed by atoms with Crippen molar-refractivity contribution in [2.24, 2.45) is 0 Å². The van der Waals surface area contributed by atoms with Crippen LogP contribution in [0.15, 0.2) is 59.3 Å².